The number of hydrogen-bond donors (Lipinski definition) is 0. The first-order valence-corrected chi connectivity index (χ1v) is 6.99. The van der Waals surface area contributed by atoms with Crippen LogP contribution < -0.4 is 0 Å². The summed E-state index contributed by atoms with van der Waals surface area (Å²) in [5.41, 5.74) is -1.07. The monoisotopic (exact) mass is 378 g/mol. The van der Waals surface area contributed by atoms with Crippen molar-refractivity contribution in [3.63, 3.8) is 0 Å². The Morgan fingerprint density at radius 1 is 1.56 bits per heavy atom. The molecule has 9 heteroatoms. The molecule has 0 spiro atoms. The van der Waals surface area contributed by atoms with Gasteiger partial charge in [0, 0.05) is 10.7 Å². The van der Waals surface area contributed by atoms with Crippen molar-refractivity contribution in [2.75, 3.05) is 0 Å². The molecule has 4 nitrogen and oxygen atoms in total. The van der Waals surface area contributed by atoms with Gasteiger partial charge in [0.1, 0.15) is 6.07 Å². The van der Waals surface area contributed by atoms with Gasteiger partial charge in [0.2, 0.25) is 0 Å². The van der Waals surface area contributed by atoms with Crippen LogP contribution in [0.1, 0.15) is 17.7 Å². The van der Waals surface area contributed by atoms with Gasteiger partial charge in [-0.2, -0.15) is 5.26 Å². The van der Waals surface area contributed by atoms with E-state index in [9.17, 15) is 17.2 Å². The average Bonchev–Trinajstić information content (AvgIpc) is 2.15. The highest BCUT2D eigenvalue weighted by atomic mass is 127. The summed E-state index contributed by atoms with van der Waals surface area (Å²) in [6.07, 6.45) is -3.03. The van der Waals surface area contributed by atoms with Gasteiger partial charge in [-0.1, -0.05) is 0 Å². The maximum atomic E-state index is 12.5. The van der Waals surface area contributed by atoms with E-state index in [1.807, 2.05) is 0 Å². The van der Waals surface area contributed by atoms with Gasteiger partial charge in [0.15, 0.2) is 10.7 Å². The summed E-state index contributed by atoms with van der Waals surface area (Å²) in [6.45, 7) is 0. The lowest BCUT2D eigenvalue weighted by atomic mass is 10.2. The van der Waals surface area contributed by atoms with Crippen molar-refractivity contribution in [3.05, 3.63) is 20.9 Å². The fourth-order valence-electron chi connectivity index (χ4n) is 0.916. The first-order valence-electron chi connectivity index (χ1n) is 3.60. The van der Waals surface area contributed by atoms with Gasteiger partial charge in [-0.3, -0.25) is 0 Å². The van der Waals surface area contributed by atoms with Crippen LogP contribution in [0.4, 0.5) is 8.78 Å². The van der Waals surface area contributed by atoms with E-state index in [0.717, 1.165) is 6.07 Å². The van der Waals surface area contributed by atoms with Crippen LogP contribution in [-0.2, 0) is 9.05 Å². The Hall–Kier alpha value is -0.530. The molecule has 0 amide bonds. The standard InChI is InChI=1S/C7H2ClF2IN2O2S/c8-16(14,15)7-3(6(9)10)1-4(11)5(2-12)13-7/h1,6H. The molecule has 1 aromatic heterocycles. The van der Waals surface area contributed by atoms with Crippen LogP contribution in [0.5, 0.6) is 0 Å². The van der Waals surface area contributed by atoms with Gasteiger partial charge >= 0.3 is 0 Å². The van der Waals surface area contributed by atoms with E-state index >= 15 is 0 Å². The fourth-order valence-corrected chi connectivity index (χ4v) is 2.49. The number of nitrogens with zero attached hydrogens (tertiary/aromatic N) is 2. The van der Waals surface area contributed by atoms with Crippen LogP contribution in [0.3, 0.4) is 0 Å². The van der Waals surface area contributed by atoms with E-state index < -0.39 is 26.1 Å². The number of rotatable bonds is 2. The average molecular weight is 379 g/mol. The maximum Gasteiger partial charge on any atom is 0.279 e. The highest BCUT2D eigenvalue weighted by Crippen LogP contribution is 2.29. The molecule has 86 valence electrons. The summed E-state index contributed by atoms with van der Waals surface area (Å²) < 4.78 is 47.2. The van der Waals surface area contributed by atoms with Crippen LogP contribution in [0.2, 0.25) is 0 Å². The van der Waals surface area contributed by atoms with Crippen molar-refractivity contribution in [2.24, 2.45) is 0 Å². The smallest absolute Gasteiger partial charge is 0.223 e. The lowest BCUT2D eigenvalue weighted by molar-refractivity contribution is 0.147. The van der Waals surface area contributed by atoms with Crippen LogP contribution in [-0.4, -0.2) is 13.4 Å². The minimum Gasteiger partial charge on any atom is -0.223 e. The van der Waals surface area contributed by atoms with Gasteiger partial charge in [0.05, 0.1) is 9.13 Å². The molecule has 0 aliphatic carbocycles. The minimum absolute atomic E-state index is 0.138. The normalized spacial score (nSPS) is 11.5. The third-order valence-corrected chi connectivity index (χ3v) is 3.59. The number of pyridine rings is 1. The zero-order chi connectivity index (χ0) is 12.5. The topological polar surface area (TPSA) is 70.8 Å². The lowest BCUT2D eigenvalue weighted by Crippen LogP contribution is -2.05. The first-order chi connectivity index (χ1) is 7.27. The zero-order valence-corrected chi connectivity index (χ0v) is 11.0. The second-order valence-electron chi connectivity index (χ2n) is 2.56. The highest BCUT2D eigenvalue weighted by molar-refractivity contribution is 14.1. The summed E-state index contributed by atoms with van der Waals surface area (Å²) in [4.78, 5) is 3.31. The van der Waals surface area contributed by atoms with Crippen LogP contribution >= 0.6 is 33.3 Å². The van der Waals surface area contributed by atoms with Crippen molar-refractivity contribution in [1.82, 2.24) is 4.98 Å². The zero-order valence-electron chi connectivity index (χ0n) is 7.29. The molecule has 0 N–H and O–H groups in total. The highest BCUT2D eigenvalue weighted by Gasteiger charge is 2.25. The largest absolute Gasteiger partial charge is 0.279 e. The molecule has 0 saturated carbocycles. The number of hydrogen-bond acceptors (Lipinski definition) is 4. The molecule has 0 radical (unpaired) electrons. The Bertz CT molecular complexity index is 570. The lowest BCUT2D eigenvalue weighted by Gasteiger charge is -2.06. The summed E-state index contributed by atoms with van der Waals surface area (Å²) >= 11 is 1.61. The molecule has 1 heterocycles. The molecule has 0 bridgehead atoms. The molecule has 0 aliphatic rings. The van der Waals surface area contributed by atoms with E-state index in [2.05, 4.69) is 4.98 Å². The number of aromatic nitrogens is 1. The van der Waals surface area contributed by atoms with E-state index in [-0.39, 0.29) is 9.26 Å². The molecular formula is C7H2ClF2IN2O2S. The van der Waals surface area contributed by atoms with E-state index in [0.29, 0.717) is 0 Å². The summed E-state index contributed by atoms with van der Waals surface area (Å²) in [7, 11) is 0.552. The fraction of sp³-hybridized carbons (Fsp3) is 0.143. The van der Waals surface area contributed by atoms with Gasteiger partial charge in [0.25, 0.3) is 15.5 Å². The predicted molar refractivity (Wildman–Crippen MR) is 59.7 cm³/mol. The summed E-state index contributed by atoms with van der Waals surface area (Å²) in [5, 5.41) is 7.62. The summed E-state index contributed by atoms with van der Waals surface area (Å²) in [6, 6.07) is 2.47. The van der Waals surface area contributed by atoms with Crippen molar-refractivity contribution in [2.45, 2.75) is 11.5 Å². The van der Waals surface area contributed by atoms with Crippen molar-refractivity contribution >= 4 is 42.3 Å². The van der Waals surface area contributed by atoms with Gasteiger partial charge in [-0.25, -0.2) is 22.2 Å². The molecule has 16 heavy (non-hydrogen) atoms. The van der Waals surface area contributed by atoms with Crippen molar-refractivity contribution < 1.29 is 17.2 Å². The molecule has 1 aromatic rings. The first kappa shape index (κ1) is 13.5. The van der Waals surface area contributed by atoms with Crippen molar-refractivity contribution in [3.8, 4) is 6.07 Å². The predicted octanol–water partition coefficient (Wildman–Crippen LogP) is 2.42. The molecule has 1 rings (SSSR count). The van der Waals surface area contributed by atoms with Gasteiger partial charge in [-0.15, -0.1) is 0 Å². The maximum absolute atomic E-state index is 12.5. The number of nitriles is 1. The second-order valence-corrected chi connectivity index (χ2v) is 6.21. The molecular weight excluding hydrogens is 377 g/mol. The minimum atomic E-state index is -4.40. The van der Waals surface area contributed by atoms with Crippen molar-refractivity contribution in [1.29, 1.82) is 5.26 Å². The third kappa shape index (κ3) is 2.78. The van der Waals surface area contributed by atoms with Gasteiger partial charge < -0.3 is 0 Å². The van der Waals surface area contributed by atoms with E-state index in [1.165, 1.54) is 0 Å². The number of halogens is 4. The Labute approximate surface area is 108 Å². The quantitative estimate of drug-likeness (QED) is 0.585. The van der Waals surface area contributed by atoms with Crippen LogP contribution in [0.15, 0.2) is 11.1 Å². The third-order valence-electron chi connectivity index (χ3n) is 1.54. The molecule has 0 fully saturated rings. The van der Waals surface area contributed by atoms with Crippen LogP contribution in [0, 0.1) is 14.9 Å². The van der Waals surface area contributed by atoms with E-state index in [4.69, 9.17) is 15.9 Å². The van der Waals surface area contributed by atoms with Crippen LogP contribution in [0.25, 0.3) is 0 Å². The van der Waals surface area contributed by atoms with Gasteiger partial charge in [-0.05, 0) is 28.7 Å². The SMILES string of the molecule is N#Cc1nc(S(=O)(=O)Cl)c(C(F)F)cc1I. The number of alkyl halides is 2. The Morgan fingerprint density at radius 3 is 2.50 bits per heavy atom. The Kier molecular flexibility index (Phi) is 4.03. The molecule has 0 saturated heterocycles. The Morgan fingerprint density at radius 2 is 2.12 bits per heavy atom. The summed E-state index contributed by atoms with van der Waals surface area (Å²) in [5.74, 6) is 0. The molecule has 0 aromatic carbocycles. The Balaban J connectivity index is 3.64. The van der Waals surface area contributed by atoms with E-state index in [1.54, 1.807) is 28.7 Å². The molecule has 0 aliphatic heterocycles. The molecule has 0 unspecified atom stereocenters. The molecule has 0 atom stereocenters. The second kappa shape index (κ2) is 4.77.